The second-order valence-electron chi connectivity index (χ2n) is 7.39. The van der Waals surface area contributed by atoms with E-state index in [1.165, 1.54) is 11.8 Å². The van der Waals surface area contributed by atoms with Crippen molar-refractivity contribution < 1.29 is 23.8 Å². The number of carbonyl (C=O) groups excluding carboxylic acids is 1. The van der Waals surface area contributed by atoms with Crippen LogP contribution in [0.25, 0.3) is 17.1 Å². The van der Waals surface area contributed by atoms with E-state index in [0.29, 0.717) is 34.7 Å². The van der Waals surface area contributed by atoms with Gasteiger partial charge in [-0.15, -0.1) is 10.2 Å². The number of aliphatic hydroxyl groups excluding tert-OH is 1. The molecule has 2 aromatic heterocycles. The van der Waals surface area contributed by atoms with Crippen LogP contribution in [0.3, 0.4) is 0 Å². The van der Waals surface area contributed by atoms with Crippen molar-refractivity contribution >= 4 is 17.7 Å². The van der Waals surface area contributed by atoms with Crippen molar-refractivity contribution in [2.45, 2.75) is 25.1 Å². The Hall–Kier alpha value is -3.56. The van der Waals surface area contributed by atoms with Crippen LogP contribution in [0.5, 0.6) is 5.75 Å². The monoisotopic (exact) mass is 479 g/mol. The number of benzene rings is 2. The van der Waals surface area contributed by atoms with E-state index in [2.05, 4.69) is 10.2 Å². The number of para-hydroxylation sites is 1. The van der Waals surface area contributed by atoms with Crippen LogP contribution in [0, 0.1) is 6.92 Å². The summed E-state index contributed by atoms with van der Waals surface area (Å²) in [6.45, 7) is 4.06. The Bertz CT molecular complexity index is 1220. The molecule has 4 rings (SSSR count). The van der Waals surface area contributed by atoms with Gasteiger partial charge in [0, 0.05) is 11.4 Å². The summed E-state index contributed by atoms with van der Waals surface area (Å²) in [6, 6.07) is 18.3. The van der Waals surface area contributed by atoms with Gasteiger partial charge in [-0.05, 0) is 56.3 Å². The summed E-state index contributed by atoms with van der Waals surface area (Å²) in [6.07, 6.45) is 0.886. The number of aryl methyl sites for hydroxylation is 1. The van der Waals surface area contributed by atoms with Gasteiger partial charge in [-0.2, -0.15) is 0 Å². The normalized spacial score (nSPS) is 11.9. The predicted octanol–water partition coefficient (Wildman–Crippen LogP) is 4.54. The number of nitrogens with zero attached hydrogens (tertiary/aromatic N) is 3. The fraction of sp³-hybridized carbons (Fsp3) is 0.240. The van der Waals surface area contributed by atoms with E-state index in [9.17, 15) is 9.90 Å². The lowest BCUT2D eigenvalue weighted by Crippen LogP contribution is -2.20. The van der Waals surface area contributed by atoms with Gasteiger partial charge in [0.25, 0.3) is 0 Å². The summed E-state index contributed by atoms with van der Waals surface area (Å²) in [5, 5.41) is 19.9. The summed E-state index contributed by atoms with van der Waals surface area (Å²) >= 11 is 1.39. The SMILES string of the molecule is CCOC(=O)c1ccc(OCC(O)CSc2nnc(-c3ccoc3C)n2-c2ccccc2)cc1. The van der Waals surface area contributed by atoms with Gasteiger partial charge in [-0.1, -0.05) is 30.0 Å². The van der Waals surface area contributed by atoms with Crippen molar-refractivity contribution in [2.75, 3.05) is 19.0 Å². The van der Waals surface area contributed by atoms with Gasteiger partial charge in [0.15, 0.2) is 11.0 Å². The topological polar surface area (TPSA) is 99.6 Å². The lowest BCUT2D eigenvalue weighted by atomic mass is 10.2. The van der Waals surface area contributed by atoms with Crippen LogP contribution in [-0.2, 0) is 4.74 Å². The van der Waals surface area contributed by atoms with Crippen LogP contribution in [-0.4, -0.2) is 50.9 Å². The van der Waals surface area contributed by atoms with E-state index in [4.69, 9.17) is 13.9 Å². The molecule has 2 aromatic carbocycles. The van der Waals surface area contributed by atoms with Gasteiger partial charge in [0.1, 0.15) is 18.1 Å². The lowest BCUT2D eigenvalue weighted by Gasteiger charge is -2.13. The number of esters is 1. The third-order valence-electron chi connectivity index (χ3n) is 4.96. The minimum Gasteiger partial charge on any atom is -0.491 e. The zero-order chi connectivity index (χ0) is 23.9. The average Bonchev–Trinajstić information content (AvgIpc) is 3.48. The van der Waals surface area contributed by atoms with E-state index >= 15 is 0 Å². The Morgan fingerprint density at radius 3 is 2.56 bits per heavy atom. The fourth-order valence-corrected chi connectivity index (χ4v) is 4.13. The Labute approximate surface area is 201 Å². The number of hydrogen-bond acceptors (Lipinski definition) is 8. The maximum atomic E-state index is 11.7. The van der Waals surface area contributed by atoms with E-state index in [0.717, 1.165) is 17.0 Å². The number of aromatic nitrogens is 3. The highest BCUT2D eigenvalue weighted by molar-refractivity contribution is 7.99. The first-order valence-corrected chi connectivity index (χ1v) is 11.8. The summed E-state index contributed by atoms with van der Waals surface area (Å²) in [5.41, 5.74) is 2.23. The highest BCUT2D eigenvalue weighted by Gasteiger charge is 2.20. The molecule has 0 aliphatic carbocycles. The first kappa shape index (κ1) is 23.6. The molecule has 0 saturated carbocycles. The van der Waals surface area contributed by atoms with Gasteiger partial charge in [0.2, 0.25) is 0 Å². The molecule has 9 heteroatoms. The second kappa shape index (κ2) is 11.0. The number of hydrogen-bond donors (Lipinski definition) is 1. The molecule has 34 heavy (non-hydrogen) atoms. The zero-order valence-electron chi connectivity index (χ0n) is 18.9. The van der Waals surface area contributed by atoms with Gasteiger partial charge >= 0.3 is 5.97 Å². The molecule has 2 heterocycles. The maximum absolute atomic E-state index is 11.7. The number of carbonyl (C=O) groups is 1. The van der Waals surface area contributed by atoms with Crippen LogP contribution in [0.2, 0.25) is 0 Å². The van der Waals surface area contributed by atoms with Crippen LogP contribution < -0.4 is 4.74 Å². The molecule has 0 aliphatic heterocycles. The summed E-state index contributed by atoms with van der Waals surface area (Å²) < 4.78 is 18.0. The molecule has 0 bridgehead atoms. The van der Waals surface area contributed by atoms with Gasteiger partial charge in [-0.25, -0.2) is 4.79 Å². The number of thioether (sulfide) groups is 1. The van der Waals surface area contributed by atoms with Gasteiger partial charge in [0.05, 0.1) is 30.1 Å². The van der Waals surface area contributed by atoms with Crippen LogP contribution in [0.4, 0.5) is 0 Å². The molecule has 0 saturated heterocycles. The van der Waals surface area contributed by atoms with E-state index in [1.807, 2.05) is 47.9 Å². The van der Waals surface area contributed by atoms with Crippen LogP contribution >= 0.6 is 11.8 Å². The predicted molar refractivity (Wildman–Crippen MR) is 128 cm³/mol. The molecule has 1 unspecified atom stereocenters. The molecule has 0 spiro atoms. The largest absolute Gasteiger partial charge is 0.491 e. The molecule has 8 nitrogen and oxygen atoms in total. The molecule has 0 fully saturated rings. The van der Waals surface area contributed by atoms with E-state index < -0.39 is 6.10 Å². The molecule has 4 aromatic rings. The molecule has 1 N–H and O–H groups in total. The first-order valence-electron chi connectivity index (χ1n) is 10.8. The number of aliphatic hydroxyl groups is 1. The van der Waals surface area contributed by atoms with Crippen LogP contribution in [0.15, 0.2) is 76.5 Å². The quantitative estimate of drug-likeness (QED) is 0.261. The van der Waals surface area contributed by atoms with Crippen molar-refractivity contribution in [2.24, 2.45) is 0 Å². The molecule has 0 amide bonds. The average molecular weight is 480 g/mol. The fourth-order valence-electron chi connectivity index (χ4n) is 3.28. The number of ether oxygens (including phenoxy) is 2. The third kappa shape index (κ3) is 5.49. The van der Waals surface area contributed by atoms with Gasteiger partial charge < -0.3 is 19.0 Å². The standard InChI is InChI=1S/C25H25N3O5S/c1-3-31-24(30)18-9-11-21(12-10-18)33-15-20(29)16-34-25-27-26-23(22-13-14-32-17(22)2)28(25)19-7-5-4-6-8-19/h4-14,20,29H,3,15-16H2,1-2H3. The minimum absolute atomic E-state index is 0.0962. The Morgan fingerprint density at radius 1 is 1.12 bits per heavy atom. The van der Waals surface area contributed by atoms with Gasteiger partial charge in [-0.3, -0.25) is 4.57 Å². The second-order valence-corrected chi connectivity index (χ2v) is 8.38. The third-order valence-corrected chi connectivity index (χ3v) is 6.03. The van der Waals surface area contributed by atoms with Crippen LogP contribution in [0.1, 0.15) is 23.0 Å². The summed E-state index contributed by atoms with van der Waals surface area (Å²) in [7, 11) is 0. The van der Waals surface area contributed by atoms with Crippen molar-refractivity contribution in [1.82, 2.24) is 14.8 Å². The lowest BCUT2D eigenvalue weighted by molar-refractivity contribution is 0.0526. The maximum Gasteiger partial charge on any atom is 0.338 e. The highest BCUT2D eigenvalue weighted by Crippen LogP contribution is 2.30. The molecule has 1 atom stereocenters. The molecule has 176 valence electrons. The van der Waals surface area contributed by atoms with Crippen molar-refractivity contribution in [3.8, 4) is 22.8 Å². The van der Waals surface area contributed by atoms with Crippen molar-refractivity contribution in [1.29, 1.82) is 0 Å². The summed E-state index contributed by atoms with van der Waals surface area (Å²) in [4.78, 5) is 11.7. The number of furan rings is 1. The molecular weight excluding hydrogens is 454 g/mol. The minimum atomic E-state index is -0.741. The van der Waals surface area contributed by atoms with Crippen molar-refractivity contribution in [3.63, 3.8) is 0 Å². The van der Waals surface area contributed by atoms with Crippen molar-refractivity contribution in [3.05, 3.63) is 78.3 Å². The molecular formula is C25H25N3O5S. The Kier molecular flexibility index (Phi) is 7.66. The molecule has 0 aliphatic rings. The zero-order valence-corrected chi connectivity index (χ0v) is 19.7. The Balaban J connectivity index is 1.41. The highest BCUT2D eigenvalue weighted by atomic mass is 32.2. The smallest absolute Gasteiger partial charge is 0.338 e. The number of rotatable bonds is 10. The molecule has 0 radical (unpaired) electrons. The van der Waals surface area contributed by atoms with E-state index in [1.54, 1.807) is 37.5 Å². The summed E-state index contributed by atoms with van der Waals surface area (Å²) in [5.74, 6) is 1.96. The Morgan fingerprint density at radius 2 is 1.88 bits per heavy atom. The van der Waals surface area contributed by atoms with E-state index in [-0.39, 0.29) is 12.6 Å². The first-order chi connectivity index (χ1) is 16.6.